The Morgan fingerprint density at radius 1 is 1.19 bits per heavy atom. The smallest absolute Gasteiger partial charge is 0.357 e. The van der Waals surface area contributed by atoms with Crippen LogP contribution in [0.15, 0.2) is 29.5 Å². The van der Waals surface area contributed by atoms with Crippen LogP contribution < -0.4 is 15.9 Å². The molecule has 7 nitrogen and oxygen atoms in total. The van der Waals surface area contributed by atoms with Crippen LogP contribution in [-0.2, 0) is 11.0 Å². The number of nitrogens with zero attached hydrogens (tertiary/aromatic N) is 4. The summed E-state index contributed by atoms with van der Waals surface area (Å²) in [5.74, 6) is -0.160. The summed E-state index contributed by atoms with van der Waals surface area (Å²) in [4.78, 5) is 37.1. The number of aromatic nitrogens is 3. The molecule has 1 saturated heterocycles. The van der Waals surface area contributed by atoms with E-state index in [0.717, 1.165) is 27.4 Å². The Labute approximate surface area is 179 Å². The predicted molar refractivity (Wildman–Crippen MR) is 112 cm³/mol. The van der Waals surface area contributed by atoms with E-state index in [1.54, 1.807) is 0 Å². The molecule has 0 bridgehead atoms. The lowest BCUT2D eigenvalue weighted by atomic mass is 9.96. The standard InChI is InChI=1S/C20H20F3N5O2S/c1-11-12(2)31-18-16(11)19(30)28(10-25-18)26-17(29)13-5-7-27(8-6-13)15-4-3-14(9-24-15)20(21,22)23/h3-4,9-10,13H,5-8H2,1-2H3,(H,26,29). The van der Waals surface area contributed by atoms with Crippen LogP contribution in [0.1, 0.15) is 28.8 Å². The zero-order chi connectivity index (χ0) is 22.3. The second kappa shape index (κ2) is 7.95. The van der Waals surface area contributed by atoms with Gasteiger partial charge in [0.1, 0.15) is 17.0 Å². The first-order chi connectivity index (χ1) is 14.6. The number of alkyl halides is 3. The van der Waals surface area contributed by atoms with Crippen molar-refractivity contribution in [1.29, 1.82) is 0 Å². The number of rotatable bonds is 3. The first-order valence-corrected chi connectivity index (χ1v) is 10.5. The number of piperidine rings is 1. The van der Waals surface area contributed by atoms with Gasteiger partial charge in [0.15, 0.2) is 0 Å². The molecule has 31 heavy (non-hydrogen) atoms. The zero-order valence-electron chi connectivity index (χ0n) is 16.9. The third-order valence-electron chi connectivity index (χ3n) is 5.59. The van der Waals surface area contributed by atoms with Crippen LogP contribution in [0.2, 0.25) is 0 Å². The molecule has 0 radical (unpaired) electrons. The number of anilines is 1. The van der Waals surface area contributed by atoms with E-state index in [9.17, 15) is 22.8 Å². The second-order valence-corrected chi connectivity index (χ2v) is 8.73. The average Bonchev–Trinajstić information content (AvgIpc) is 3.04. The molecule has 164 valence electrons. The average molecular weight is 451 g/mol. The molecule has 0 saturated carbocycles. The molecular weight excluding hydrogens is 431 g/mol. The lowest BCUT2D eigenvalue weighted by Crippen LogP contribution is -2.42. The number of halogens is 3. The summed E-state index contributed by atoms with van der Waals surface area (Å²) in [5, 5.41) is 0.508. The van der Waals surface area contributed by atoms with Gasteiger partial charge in [0.05, 0.1) is 10.9 Å². The molecule has 1 aliphatic heterocycles. The number of nitrogens with one attached hydrogen (secondary N) is 1. The van der Waals surface area contributed by atoms with Crippen LogP contribution in [0.3, 0.4) is 0 Å². The van der Waals surface area contributed by atoms with E-state index in [4.69, 9.17) is 0 Å². The number of aryl methyl sites for hydroxylation is 2. The number of fused-ring (bicyclic) bond motifs is 1. The van der Waals surface area contributed by atoms with E-state index in [-0.39, 0.29) is 17.4 Å². The summed E-state index contributed by atoms with van der Waals surface area (Å²) in [5.41, 5.74) is 2.39. The maximum Gasteiger partial charge on any atom is 0.417 e. The molecule has 1 aliphatic rings. The van der Waals surface area contributed by atoms with E-state index in [2.05, 4.69) is 15.4 Å². The molecule has 0 spiro atoms. The highest BCUT2D eigenvalue weighted by Crippen LogP contribution is 2.30. The number of carbonyl (C=O) groups is 1. The van der Waals surface area contributed by atoms with Gasteiger partial charge in [-0.25, -0.2) is 14.6 Å². The van der Waals surface area contributed by atoms with Gasteiger partial charge in [-0.2, -0.15) is 13.2 Å². The van der Waals surface area contributed by atoms with Crippen molar-refractivity contribution < 1.29 is 18.0 Å². The molecule has 11 heteroatoms. The number of thiophene rings is 1. The fourth-order valence-electron chi connectivity index (χ4n) is 3.64. The SMILES string of the molecule is Cc1sc2ncn(NC(=O)C3CCN(c4ccc(C(F)(F)F)cn4)CC3)c(=O)c2c1C. The lowest BCUT2D eigenvalue weighted by molar-refractivity contribution is -0.137. The number of carbonyl (C=O) groups excluding carboxylic acids is 1. The minimum atomic E-state index is -4.42. The molecule has 0 unspecified atom stereocenters. The fraction of sp³-hybridized carbons (Fsp3) is 0.400. The van der Waals surface area contributed by atoms with E-state index in [1.165, 1.54) is 23.7 Å². The Bertz CT molecular complexity index is 1180. The van der Waals surface area contributed by atoms with Gasteiger partial charge in [-0.1, -0.05) is 0 Å². The van der Waals surface area contributed by atoms with E-state index in [1.807, 2.05) is 18.7 Å². The Kier molecular flexibility index (Phi) is 5.46. The van der Waals surface area contributed by atoms with Crippen molar-refractivity contribution in [2.45, 2.75) is 32.9 Å². The van der Waals surface area contributed by atoms with Crippen molar-refractivity contribution in [3.63, 3.8) is 0 Å². The number of pyridine rings is 1. The molecule has 1 fully saturated rings. The van der Waals surface area contributed by atoms with Crippen LogP contribution in [0.25, 0.3) is 10.2 Å². The summed E-state index contributed by atoms with van der Waals surface area (Å²) in [6, 6.07) is 2.35. The first-order valence-electron chi connectivity index (χ1n) is 9.71. The third-order valence-corrected chi connectivity index (χ3v) is 6.70. The minimum absolute atomic E-state index is 0.284. The molecule has 1 amide bonds. The van der Waals surface area contributed by atoms with Crippen molar-refractivity contribution in [3.8, 4) is 0 Å². The van der Waals surface area contributed by atoms with Crippen LogP contribution in [-0.4, -0.2) is 33.6 Å². The van der Waals surface area contributed by atoms with Gasteiger partial charge in [0, 0.05) is 30.1 Å². The summed E-state index contributed by atoms with van der Waals surface area (Å²) in [7, 11) is 0. The first kappa shape index (κ1) is 21.3. The maximum atomic E-state index is 12.7. The quantitative estimate of drug-likeness (QED) is 0.660. The Balaban J connectivity index is 1.41. The van der Waals surface area contributed by atoms with E-state index in [0.29, 0.717) is 42.0 Å². The molecule has 4 heterocycles. The van der Waals surface area contributed by atoms with Gasteiger partial charge in [0.2, 0.25) is 5.91 Å². The van der Waals surface area contributed by atoms with Crippen molar-refractivity contribution >= 4 is 33.3 Å². The Morgan fingerprint density at radius 2 is 1.90 bits per heavy atom. The van der Waals surface area contributed by atoms with Gasteiger partial charge in [-0.15, -0.1) is 11.3 Å². The molecule has 3 aromatic heterocycles. The highest BCUT2D eigenvalue weighted by molar-refractivity contribution is 7.18. The minimum Gasteiger partial charge on any atom is -0.357 e. The van der Waals surface area contributed by atoms with Crippen LogP contribution in [0, 0.1) is 19.8 Å². The van der Waals surface area contributed by atoms with Gasteiger partial charge >= 0.3 is 6.18 Å². The normalized spacial score (nSPS) is 15.5. The molecule has 3 aromatic rings. The van der Waals surface area contributed by atoms with Crippen LogP contribution in [0.5, 0.6) is 0 Å². The molecular formula is C20H20F3N5O2S. The summed E-state index contributed by atoms with van der Waals surface area (Å²) >= 11 is 1.44. The van der Waals surface area contributed by atoms with Crippen molar-refractivity contribution in [3.05, 3.63) is 51.0 Å². The van der Waals surface area contributed by atoms with Crippen molar-refractivity contribution in [2.24, 2.45) is 5.92 Å². The zero-order valence-corrected chi connectivity index (χ0v) is 17.7. The molecule has 0 atom stereocenters. The van der Waals surface area contributed by atoms with E-state index >= 15 is 0 Å². The van der Waals surface area contributed by atoms with Gasteiger partial charge in [0.25, 0.3) is 5.56 Å². The molecule has 0 aliphatic carbocycles. The molecule has 0 aromatic carbocycles. The lowest BCUT2D eigenvalue weighted by Gasteiger charge is -2.32. The monoisotopic (exact) mass is 451 g/mol. The fourth-order valence-corrected chi connectivity index (χ4v) is 4.62. The van der Waals surface area contributed by atoms with Crippen molar-refractivity contribution in [1.82, 2.24) is 14.6 Å². The Morgan fingerprint density at radius 3 is 2.52 bits per heavy atom. The highest BCUT2D eigenvalue weighted by Gasteiger charge is 2.31. The second-order valence-electron chi connectivity index (χ2n) is 7.52. The van der Waals surface area contributed by atoms with Crippen LogP contribution in [0.4, 0.5) is 19.0 Å². The molecule has 4 rings (SSSR count). The predicted octanol–water partition coefficient (Wildman–Crippen LogP) is 3.48. The number of amides is 1. The van der Waals surface area contributed by atoms with Crippen molar-refractivity contribution in [2.75, 3.05) is 23.4 Å². The van der Waals surface area contributed by atoms with Gasteiger partial charge in [-0.05, 0) is 44.4 Å². The number of hydrogen-bond acceptors (Lipinski definition) is 6. The third kappa shape index (κ3) is 4.14. The summed E-state index contributed by atoms with van der Waals surface area (Å²) in [6.07, 6.45) is -1.30. The maximum absolute atomic E-state index is 12.7. The topological polar surface area (TPSA) is 80.1 Å². The summed E-state index contributed by atoms with van der Waals surface area (Å²) in [6.45, 7) is 4.73. The molecule has 1 N–H and O–H groups in total. The summed E-state index contributed by atoms with van der Waals surface area (Å²) < 4.78 is 39.2. The highest BCUT2D eigenvalue weighted by atomic mass is 32.1. The van der Waals surface area contributed by atoms with E-state index < -0.39 is 11.7 Å². The largest absolute Gasteiger partial charge is 0.417 e. The van der Waals surface area contributed by atoms with Crippen LogP contribution >= 0.6 is 11.3 Å². The van der Waals surface area contributed by atoms with Gasteiger partial charge < -0.3 is 4.90 Å². The number of hydrogen-bond donors (Lipinski definition) is 1. The van der Waals surface area contributed by atoms with Gasteiger partial charge in [-0.3, -0.25) is 15.0 Å². The Hall–Kier alpha value is -2.95.